The highest BCUT2D eigenvalue weighted by Crippen LogP contribution is 2.33. The molecule has 2 fully saturated rings. The molecule has 17 heavy (non-hydrogen) atoms. The molecule has 0 spiro atoms. The van der Waals surface area contributed by atoms with Crippen LogP contribution in [-0.2, 0) is 9.47 Å². The third kappa shape index (κ3) is 3.60. The van der Waals surface area contributed by atoms with Crippen LogP contribution in [0.2, 0.25) is 0 Å². The summed E-state index contributed by atoms with van der Waals surface area (Å²) in [4.78, 5) is 2.56. The van der Waals surface area contributed by atoms with Gasteiger partial charge in [-0.2, -0.15) is 12.6 Å². The molecule has 0 bridgehead atoms. The van der Waals surface area contributed by atoms with Crippen LogP contribution in [0.5, 0.6) is 0 Å². The smallest absolute Gasteiger partial charge is 0.0678 e. The number of hydrogen-bond acceptors (Lipinski definition) is 4. The Morgan fingerprint density at radius 1 is 1.18 bits per heavy atom. The van der Waals surface area contributed by atoms with Crippen LogP contribution in [0, 0.1) is 5.41 Å². The molecular formula is C13H25NO2S. The molecule has 3 nitrogen and oxygen atoms in total. The molecule has 2 aliphatic heterocycles. The van der Waals surface area contributed by atoms with Gasteiger partial charge in [0.1, 0.15) is 0 Å². The van der Waals surface area contributed by atoms with Gasteiger partial charge in [-0.1, -0.05) is 0 Å². The second-order valence-corrected chi connectivity index (χ2v) is 6.04. The van der Waals surface area contributed by atoms with Gasteiger partial charge in [-0.05, 0) is 37.9 Å². The summed E-state index contributed by atoms with van der Waals surface area (Å²) < 4.78 is 11.3. The van der Waals surface area contributed by atoms with Gasteiger partial charge in [-0.25, -0.2) is 0 Å². The molecule has 0 radical (unpaired) electrons. The molecule has 0 N–H and O–H groups in total. The summed E-state index contributed by atoms with van der Waals surface area (Å²) in [6.07, 6.45) is 3.01. The van der Waals surface area contributed by atoms with Gasteiger partial charge in [0.05, 0.1) is 12.2 Å². The molecule has 0 amide bonds. The molecule has 0 aliphatic carbocycles. The van der Waals surface area contributed by atoms with E-state index >= 15 is 0 Å². The normalized spacial score (nSPS) is 34.8. The van der Waals surface area contributed by atoms with E-state index in [-0.39, 0.29) is 0 Å². The van der Waals surface area contributed by atoms with Crippen molar-refractivity contribution in [2.45, 2.75) is 38.9 Å². The highest BCUT2D eigenvalue weighted by Gasteiger charge is 2.35. The van der Waals surface area contributed by atoms with Crippen LogP contribution in [0.4, 0.5) is 0 Å². The van der Waals surface area contributed by atoms with Crippen LogP contribution in [0.25, 0.3) is 0 Å². The maximum Gasteiger partial charge on any atom is 0.0678 e. The Labute approximate surface area is 110 Å². The first kappa shape index (κ1) is 13.7. The molecule has 2 rings (SSSR count). The van der Waals surface area contributed by atoms with E-state index in [1.165, 1.54) is 0 Å². The summed E-state index contributed by atoms with van der Waals surface area (Å²) >= 11 is 4.58. The van der Waals surface area contributed by atoms with E-state index in [0.717, 1.165) is 51.4 Å². The molecule has 0 saturated carbocycles. The van der Waals surface area contributed by atoms with E-state index < -0.39 is 0 Å². The van der Waals surface area contributed by atoms with E-state index in [1.54, 1.807) is 0 Å². The average Bonchev–Trinajstić information content (AvgIpc) is 2.29. The highest BCUT2D eigenvalue weighted by atomic mass is 32.1. The lowest BCUT2D eigenvalue weighted by Crippen LogP contribution is -2.51. The molecule has 0 aromatic rings. The van der Waals surface area contributed by atoms with Crippen LogP contribution >= 0.6 is 12.6 Å². The Balaban J connectivity index is 1.93. The van der Waals surface area contributed by atoms with Crippen molar-refractivity contribution < 1.29 is 9.47 Å². The first-order valence-electron chi connectivity index (χ1n) is 6.70. The van der Waals surface area contributed by atoms with Gasteiger partial charge >= 0.3 is 0 Å². The summed E-state index contributed by atoms with van der Waals surface area (Å²) in [6, 6.07) is 0. The second-order valence-electron chi connectivity index (χ2n) is 5.72. The van der Waals surface area contributed by atoms with Crippen molar-refractivity contribution in [3.05, 3.63) is 0 Å². The number of rotatable bonds is 3. The van der Waals surface area contributed by atoms with Crippen LogP contribution in [-0.4, -0.2) is 55.7 Å². The molecule has 0 unspecified atom stereocenters. The lowest BCUT2D eigenvalue weighted by Gasteiger charge is -2.43. The van der Waals surface area contributed by atoms with E-state index in [0.29, 0.717) is 17.6 Å². The first-order chi connectivity index (χ1) is 8.13. The Kier molecular flexibility index (Phi) is 4.75. The van der Waals surface area contributed by atoms with Crippen LogP contribution < -0.4 is 0 Å². The van der Waals surface area contributed by atoms with E-state index in [1.807, 2.05) is 0 Å². The van der Waals surface area contributed by atoms with Gasteiger partial charge in [0.2, 0.25) is 0 Å². The maximum absolute atomic E-state index is 5.79. The molecule has 2 saturated heterocycles. The molecule has 2 heterocycles. The van der Waals surface area contributed by atoms with Crippen LogP contribution in [0.3, 0.4) is 0 Å². The summed E-state index contributed by atoms with van der Waals surface area (Å²) in [6.45, 7) is 9.39. The van der Waals surface area contributed by atoms with Crippen molar-refractivity contribution in [2.75, 3.05) is 38.6 Å². The fraction of sp³-hybridized carbons (Fsp3) is 1.00. The van der Waals surface area contributed by atoms with E-state index in [2.05, 4.69) is 31.4 Å². The maximum atomic E-state index is 5.79. The average molecular weight is 259 g/mol. The van der Waals surface area contributed by atoms with Gasteiger partial charge in [0.15, 0.2) is 0 Å². The zero-order valence-corrected chi connectivity index (χ0v) is 11.9. The Morgan fingerprint density at radius 3 is 2.29 bits per heavy atom. The quantitative estimate of drug-likeness (QED) is 0.782. The summed E-state index contributed by atoms with van der Waals surface area (Å²) in [7, 11) is 0. The minimum absolute atomic E-state index is 0.357. The van der Waals surface area contributed by atoms with E-state index in [9.17, 15) is 0 Å². The second kappa shape index (κ2) is 5.91. The number of thiol groups is 1. The molecule has 4 heteroatoms. The van der Waals surface area contributed by atoms with Crippen molar-refractivity contribution >= 4 is 12.6 Å². The molecule has 2 atom stereocenters. The van der Waals surface area contributed by atoms with Gasteiger partial charge in [0.25, 0.3) is 0 Å². The Bertz CT molecular complexity index is 234. The SMILES string of the molecule is C[C@@H]1CN(CC2(CS)CCOCC2)C[C@H](C)O1. The predicted molar refractivity (Wildman–Crippen MR) is 72.8 cm³/mol. The summed E-state index contributed by atoms with van der Waals surface area (Å²) in [5.74, 6) is 0.969. The number of nitrogens with zero attached hydrogens (tertiary/aromatic N) is 1. The first-order valence-corrected chi connectivity index (χ1v) is 7.33. The minimum atomic E-state index is 0.357. The molecule has 0 aromatic carbocycles. The van der Waals surface area contributed by atoms with Crippen molar-refractivity contribution in [2.24, 2.45) is 5.41 Å². The molecule has 100 valence electrons. The van der Waals surface area contributed by atoms with Gasteiger partial charge in [0, 0.05) is 32.8 Å². The summed E-state index contributed by atoms with van der Waals surface area (Å²) in [5, 5.41) is 0. The highest BCUT2D eigenvalue weighted by molar-refractivity contribution is 7.80. The zero-order valence-electron chi connectivity index (χ0n) is 11.0. The molecule has 0 aromatic heterocycles. The number of hydrogen-bond donors (Lipinski definition) is 1. The molecule has 2 aliphatic rings. The third-order valence-electron chi connectivity index (χ3n) is 3.94. The van der Waals surface area contributed by atoms with Crippen molar-refractivity contribution in [1.29, 1.82) is 0 Å². The zero-order chi connectivity index (χ0) is 12.3. The Morgan fingerprint density at radius 2 is 1.76 bits per heavy atom. The molecular weight excluding hydrogens is 234 g/mol. The topological polar surface area (TPSA) is 21.7 Å². The number of morpholine rings is 1. The van der Waals surface area contributed by atoms with Gasteiger partial charge < -0.3 is 9.47 Å². The third-order valence-corrected chi connectivity index (χ3v) is 4.61. The van der Waals surface area contributed by atoms with E-state index in [4.69, 9.17) is 9.47 Å². The van der Waals surface area contributed by atoms with Gasteiger partial charge in [-0.15, -0.1) is 0 Å². The lowest BCUT2D eigenvalue weighted by atomic mass is 9.81. The minimum Gasteiger partial charge on any atom is -0.381 e. The van der Waals surface area contributed by atoms with Crippen molar-refractivity contribution in [3.8, 4) is 0 Å². The Hall–Kier alpha value is 0.230. The van der Waals surface area contributed by atoms with Crippen LogP contribution in [0.1, 0.15) is 26.7 Å². The van der Waals surface area contributed by atoms with Crippen molar-refractivity contribution in [1.82, 2.24) is 4.90 Å². The monoisotopic (exact) mass is 259 g/mol. The number of ether oxygens (including phenoxy) is 2. The summed E-state index contributed by atoms with van der Waals surface area (Å²) in [5.41, 5.74) is 0.359. The fourth-order valence-electron chi connectivity index (χ4n) is 3.06. The fourth-order valence-corrected chi connectivity index (χ4v) is 3.47. The van der Waals surface area contributed by atoms with Crippen molar-refractivity contribution in [3.63, 3.8) is 0 Å². The standard InChI is InChI=1S/C13H25NO2S/c1-11-7-14(8-12(2)16-11)9-13(10-17)3-5-15-6-4-13/h11-12,17H,3-10H2,1-2H3/t11-,12+. The largest absolute Gasteiger partial charge is 0.381 e. The lowest BCUT2D eigenvalue weighted by molar-refractivity contribution is -0.0846. The van der Waals surface area contributed by atoms with Gasteiger partial charge in [-0.3, -0.25) is 4.90 Å². The predicted octanol–water partition coefficient (Wildman–Crippen LogP) is 1.82. The van der Waals surface area contributed by atoms with Crippen LogP contribution in [0.15, 0.2) is 0 Å².